The van der Waals surface area contributed by atoms with E-state index in [1.165, 1.54) is 28.5 Å². The molecule has 0 radical (unpaired) electrons. The summed E-state index contributed by atoms with van der Waals surface area (Å²) in [5, 5.41) is 10.7. The molecule has 0 spiro atoms. The Morgan fingerprint density at radius 1 is 1.06 bits per heavy atom. The van der Waals surface area contributed by atoms with E-state index in [1.54, 1.807) is 61.8 Å². The van der Waals surface area contributed by atoms with Crippen molar-refractivity contribution in [2.75, 3.05) is 32.2 Å². The topological polar surface area (TPSA) is 115 Å². The monoisotopic (exact) mass is 476 g/mol. The van der Waals surface area contributed by atoms with Gasteiger partial charge >= 0.3 is 11.9 Å². The van der Waals surface area contributed by atoms with Crippen molar-refractivity contribution in [1.82, 2.24) is 9.36 Å². The first-order valence-electron chi connectivity index (χ1n) is 10.7. The molecule has 0 amide bonds. The number of hydrogen-bond donors (Lipinski definition) is 1. The van der Waals surface area contributed by atoms with Gasteiger partial charge in [-0.15, -0.1) is 0 Å². The van der Waals surface area contributed by atoms with E-state index in [0.29, 0.717) is 28.2 Å². The summed E-state index contributed by atoms with van der Waals surface area (Å²) in [6.07, 6.45) is 3.17. The van der Waals surface area contributed by atoms with Crippen LogP contribution >= 0.6 is 0 Å². The Balaban J connectivity index is 1.75. The fraction of sp³-hybridized carbons (Fsp3) is 0.200. The molecule has 1 N–H and O–H groups in total. The summed E-state index contributed by atoms with van der Waals surface area (Å²) >= 11 is 0. The molecule has 2 heterocycles. The summed E-state index contributed by atoms with van der Waals surface area (Å²) in [5.41, 5.74) is 2.82. The lowest BCUT2D eigenvalue weighted by Crippen LogP contribution is -2.35. The number of rotatable bonds is 7. The van der Waals surface area contributed by atoms with Crippen molar-refractivity contribution in [2.45, 2.75) is 0 Å². The van der Waals surface area contributed by atoms with Gasteiger partial charge in [-0.2, -0.15) is 0 Å². The van der Waals surface area contributed by atoms with E-state index in [2.05, 4.69) is 4.99 Å². The Morgan fingerprint density at radius 3 is 2.34 bits per heavy atom. The average molecular weight is 476 g/mol. The van der Waals surface area contributed by atoms with Gasteiger partial charge in [0, 0.05) is 30.1 Å². The molecule has 0 bridgehead atoms. The van der Waals surface area contributed by atoms with E-state index in [-0.39, 0.29) is 30.1 Å². The van der Waals surface area contributed by atoms with E-state index >= 15 is 0 Å². The largest absolute Gasteiger partial charge is 0.493 e. The number of benzene rings is 2. The van der Waals surface area contributed by atoms with Gasteiger partial charge in [-0.1, -0.05) is 18.2 Å². The Hall–Kier alpha value is -4.60. The zero-order chi connectivity index (χ0) is 25.1. The number of ether oxygens (including phenoxy) is 2. The lowest BCUT2D eigenvalue weighted by atomic mass is 10.0. The molecule has 0 fully saturated rings. The van der Waals surface area contributed by atoms with Crippen LogP contribution < -0.4 is 10.5 Å². The van der Waals surface area contributed by atoms with Crippen molar-refractivity contribution in [2.24, 2.45) is 12.0 Å². The van der Waals surface area contributed by atoms with E-state index in [1.807, 2.05) is 6.07 Å². The molecule has 0 saturated heterocycles. The van der Waals surface area contributed by atoms with Crippen LogP contribution in [0.3, 0.4) is 0 Å². The molecule has 0 unspecified atom stereocenters. The molecule has 4 rings (SSSR count). The van der Waals surface area contributed by atoms with Crippen molar-refractivity contribution < 1.29 is 24.2 Å². The smallest absolute Gasteiger partial charge is 0.325 e. The predicted molar refractivity (Wildman–Crippen MR) is 131 cm³/mol. The van der Waals surface area contributed by atoms with Crippen LogP contribution in [0.15, 0.2) is 58.3 Å². The van der Waals surface area contributed by atoms with Crippen LogP contribution in [-0.2, 0) is 26.1 Å². The number of nitrogens with zero attached hydrogens (tertiary/aromatic N) is 4. The van der Waals surface area contributed by atoms with Crippen LogP contribution in [-0.4, -0.2) is 59.9 Å². The number of esters is 2. The normalized spacial score (nSPS) is 13.1. The standard InChI is InChI=1S/C25H24N4O6/c1-27-24(32)20(25(33)29(27)17-7-5-4-6-8-17)11-16-13-26-21-10-9-18(12-19(16)21)28(14-22(30)34-2)15-23(31)35-3/h4-13,32H,14-15H2,1-3H3. The highest BCUT2D eigenvalue weighted by Gasteiger charge is 2.22. The second-order valence-corrected chi connectivity index (χ2v) is 7.78. The number of aromatic nitrogens is 2. The molecule has 1 aliphatic heterocycles. The van der Waals surface area contributed by atoms with E-state index in [0.717, 1.165) is 0 Å². The van der Waals surface area contributed by atoms with Gasteiger partial charge in [-0.05, 0) is 36.4 Å². The highest BCUT2D eigenvalue weighted by atomic mass is 16.5. The van der Waals surface area contributed by atoms with E-state index < -0.39 is 11.9 Å². The van der Waals surface area contributed by atoms with Crippen LogP contribution in [0.5, 0.6) is 5.88 Å². The van der Waals surface area contributed by atoms with Gasteiger partial charge in [-0.3, -0.25) is 19.4 Å². The summed E-state index contributed by atoms with van der Waals surface area (Å²) in [7, 11) is 4.13. The van der Waals surface area contributed by atoms with Gasteiger partial charge in [0.2, 0.25) is 5.88 Å². The Bertz CT molecular complexity index is 1380. The highest BCUT2D eigenvalue weighted by Crippen LogP contribution is 2.36. The Labute approximate surface area is 200 Å². The average Bonchev–Trinajstić information content (AvgIpc) is 3.37. The zero-order valence-corrected chi connectivity index (χ0v) is 19.5. The first-order chi connectivity index (χ1) is 16.8. The van der Waals surface area contributed by atoms with E-state index in [4.69, 9.17) is 9.47 Å². The van der Waals surface area contributed by atoms with Crippen LogP contribution in [0.4, 0.5) is 11.4 Å². The van der Waals surface area contributed by atoms with Crippen molar-refractivity contribution in [3.05, 3.63) is 70.0 Å². The maximum Gasteiger partial charge on any atom is 0.325 e. The van der Waals surface area contributed by atoms with Crippen LogP contribution in [0, 0.1) is 0 Å². The lowest BCUT2D eigenvalue weighted by Gasteiger charge is -2.22. The van der Waals surface area contributed by atoms with Gasteiger partial charge in [0.05, 0.1) is 25.6 Å². The van der Waals surface area contributed by atoms with Gasteiger partial charge in [0.1, 0.15) is 18.7 Å². The van der Waals surface area contributed by atoms with Crippen molar-refractivity contribution in [3.63, 3.8) is 0 Å². The molecule has 0 atom stereocenters. The molecule has 3 aromatic rings. The van der Waals surface area contributed by atoms with E-state index in [9.17, 15) is 19.5 Å². The summed E-state index contributed by atoms with van der Waals surface area (Å²) in [6, 6.07) is 14.2. The molecule has 0 aliphatic carbocycles. The molecule has 2 aromatic carbocycles. The summed E-state index contributed by atoms with van der Waals surface area (Å²) in [4.78, 5) is 42.9. The minimum Gasteiger partial charge on any atom is -0.493 e. The van der Waals surface area contributed by atoms with Crippen molar-refractivity contribution >= 4 is 41.2 Å². The van der Waals surface area contributed by atoms with Crippen molar-refractivity contribution in [1.29, 1.82) is 0 Å². The first kappa shape index (κ1) is 23.6. The maximum atomic E-state index is 13.2. The van der Waals surface area contributed by atoms with Gasteiger partial charge in [0.25, 0.3) is 5.56 Å². The first-order valence-corrected chi connectivity index (χ1v) is 10.7. The number of hydrogen-bond acceptors (Lipinski definition) is 8. The SMILES string of the molecule is COC(=O)CN(CC(=O)OC)c1ccc2c(c1)C(=Cc1c(O)n(C)n(-c3ccccc3)c1=O)C=N2. The highest BCUT2D eigenvalue weighted by molar-refractivity contribution is 6.21. The number of aliphatic imine (C=N–C) groups is 1. The number of methoxy groups -OCH3 is 2. The molecular formula is C25H24N4O6. The third-order valence-electron chi connectivity index (χ3n) is 5.67. The number of aromatic hydroxyl groups is 1. The minimum atomic E-state index is -0.517. The second-order valence-electron chi connectivity index (χ2n) is 7.78. The zero-order valence-electron chi connectivity index (χ0n) is 19.5. The van der Waals surface area contributed by atoms with Gasteiger partial charge < -0.3 is 19.5 Å². The van der Waals surface area contributed by atoms with Crippen LogP contribution in [0.2, 0.25) is 0 Å². The molecule has 1 aromatic heterocycles. The lowest BCUT2D eigenvalue weighted by molar-refractivity contribution is -0.140. The summed E-state index contributed by atoms with van der Waals surface area (Å²) in [6.45, 7) is -0.322. The molecule has 0 saturated carbocycles. The van der Waals surface area contributed by atoms with Crippen LogP contribution in [0.25, 0.3) is 17.3 Å². The second kappa shape index (κ2) is 9.72. The Morgan fingerprint density at radius 2 is 1.71 bits per heavy atom. The predicted octanol–water partition coefficient (Wildman–Crippen LogP) is 2.29. The molecule has 10 heteroatoms. The maximum absolute atomic E-state index is 13.2. The van der Waals surface area contributed by atoms with Gasteiger partial charge in [-0.25, -0.2) is 9.36 Å². The Kier molecular flexibility index (Phi) is 6.54. The third kappa shape index (κ3) is 4.58. The molecule has 1 aliphatic rings. The molecule has 35 heavy (non-hydrogen) atoms. The number of para-hydroxylation sites is 1. The third-order valence-corrected chi connectivity index (χ3v) is 5.67. The van der Waals surface area contributed by atoms with Gasteiger partial charge in [0.15, 0.2) is 0 Å². The summed E-state index contributed by atoms with van der Waals surface area (Å²) < 4.78 is 12.3. The fourth-order valence-corrected chi connectivity index (χ4v) is 3.82. The van der Waals surface area contributed by atoms with Crippen LogP contribution in [0.1, 0.15) is 11.1 Å². The molecule has 180 valence electrons. The number of carbonyl (C=O) groups is 2. The minimum absolute atomic E-state index is 0.108. The molecule has 10 nitrogen and oxygen atoms in total. The summed E-state index contributed by atoms with van der Waals surface area (Å²) in [5.74, 6) is -1.23. The number of allylic oxidation sites excluding steroid dienone is 1. The molecular weight excluding hydrogens is 452 g/mol. The number of anilines is 1. The number of fused-ring (bicyclic) bond motifs is 1. The van der Waals surface area contributed by atoms with Crippen molar-refractivity contribution in [3.8, 4) is 11.6 Å². The fourth-order valence-electron chi connectivity index (χ4n) is 3.82. The number of carbonyl (C=O) groups excluding carboxylic acids is 2. The quantitative estimate of drug-likeness (QED) is 0.520.